The van der Waals surface area contributed by atoms with Crippen molar-refractivity contribution in [3.05, 3.63) is 79.4 Å². The van der Waals surface area contributed by atoms with Crippen LogP contribution in [0.25, 0.3) is 27.1 Å². The van der Waals surface area contributed by atoms with Gasteiger partial charge in [-0.25, -0.2) is 4.79 Å². The van der Waals surface area contributed by atoms with Crippen LogP contribution in [0.5, 0.6) is 0 Å². The van der Waals surface area contributed by atoms with E-state index in [1.165, 1.54) is 0 Å². The Morgan fingerprint density at radius 3 is 2.09 bits per heavy atom. The molecule has 0 N–H and O–H groups in total. The standard InChI is InChI=1S/C20H16O2/c1-3-12-22-20(21)14(2)19-17-10-6-4-8-15(17)13-16-9-5-7-11-18(16)19/h3-11,13H,1-2,12H2. The molecule has 3 aromatic rings. The Morgan fingerprint density at radius 1 is 1.00 bits per heavy atom. The molecule has 2 nitrogen and oxygen atoms in total. The van der Waals surface area contributed by atoms with Gasteiger partial charge in [0, 0.05) is 5.56 Å². The Morgan fingerprint density at radius 2 is 1.55 bits per heavy atom. The van der Waals surface area contributed by atoms with E-state index in [1.807, 2.05) is 48.5 Å². The highest BCUT2D eigenvalue weighted by Gasteiger charge is 2.16. The van der Waals surface area contributed by atoms with Gasteiger partial charge in [0.2, 0.25) is 0 Å². The second kappa shape index (κ2) is 5.86. The second-order valence-electron chi connectivity index (χ2n) is 5.06. The molecular weight excluding hydrogens is 272 g/mol. The molecular formula is C20H16O2. The van der Waals surface area contributed by atoms with Gasteiger partial charge in [-0.3, -0.25) is 0 Å². The molecule has 0 aliphatic rings. The average molecular weight is 288 g/mol. The molecule has 0 aliphatic carbocycles. The summed E-state index contributed by atoms with van der Waals surface area (Å²) in [7, 11) is 0. The maximum absolute atomic E-state index is 12.2. The van der Waals surface area contributed by atoms with Crippen LogP contribution < -0.4 is 0 Å². The lowest BCUT2D eigenvalue weighted by Gasteiger charge is -2.13. The zero-order valence-electron chi connectivity index (χ0n) is 12.2. The summed E-state index contributed by atoms with van der Waals surface area (Å²) in [4.78, 5) is 12.2. The zero-order chi connectivity index (χ0) is 15.5. The van der Waals surface area contributed by atoms with Gasteiger partial charge in [-0.15, -0.1) is 0 Å². The molecule has 0 aliphatic heterocycles. The van der Waals surface area contributed by atoms with E-state index in [-0.39, 0.29) is 6.61 Å². The van der Waals surface area contributed by atoms with Crippen LogP contribution in [-0.4, -0.2) is 12.6 Å². The first kappa shape index (κ1) is 14.1. The lowest BCUT2D eigenvalue weighted by Crippen LogP contribution is -2.07. The van der Waals surface area contributed by atoms with Gasteiger partial charge in [0.25, 0.3) is 0 Å². The average Bonchev–Trinajstić information content (AvgIpc) is 2.56. The van der Waals surface area contributed by atoms with Crippen molar-refractivity contribution in [2.75, 3.05) is 6.61 Å². The van der Waals surface area contributed by atoms with Crippen LogP contribution in [-0.2, 0) is 9.53 Å². The van der Waals surface area contributed by atoms with E-state index in [2.05, 4.69) is 19.2 Å². The van der Waals surface area contributed by atoms with Gasteiger partial charge in [0.05, 0.1) is 5.57 Å². The van der Waals surface area contributed by atoms with E-state index in [1.54, 1.807) is 6.08 Å². The lowest BCUT2D eigenvalue weighted by atomic mass is 9.92. The van der Waals surface area contributed by atoms with Crippen molar-refractivity contribution in [2.45, 2.75) is 0 Å². The predicted octanol–water partition coefficient (Wildman–Crippen LogP) is 4.74. The summed E-state index contributed by atoms with van der Waals surface area (Å²) in [5, 5.41) is 4.16. The first-order chi connectivity index (χ1) is 10.7. The van der Waals surface area contributed by atoms with E-state index in [9.17, 15) is 4.79 Å². The number of ether oxygens (including phenoxy) is 1. The Labute approximate surface area is 129 Å². The molecule has 0 aromatic heterocycles. The molecule has 0 amide bonds. The minimum absolute atomic E-state index is 0.181. The van der Waals surface area contributed by atoms with Gasteiger partial charge < -0.3 is 4.74 Å². The van der Waals surface area contributed by atoms with Crippen LogP contribution in [0.15, 0.2) is 73.8 Å². The number of esters is 1. The molecule has 0 fully saturated rings. The predicted molar refractivity (Wildman–Crippen MR) is 91.6 cm³/mol. The summed E-state index contributed by atoms with van der Waals surface area (Å²) >= 11 is 0. The molecule has 0 saturated carbocycles. The molecule has 2 heteroatoms. The number of hydrogen-bond acceptors (Lipinski definition) is 2. The molecule has 0 spiro atoms. The summed E-state index contributed by atoms with van der Waals surface area (Å²) in [6.45, 7) is 7.71. The van der Waals surface area contributed by atoms with E-state index in [0.717, 1.165) is 27.1 Å². The van der Waals surface area contributed by atoms with E-state index in [4.69, 9.17) is 4.74 Å². The third-order valence-electron chi connectivity index (χ3n) is 3.65. The largest absolute Gasteiger partial charge is 0.458 e. The minimum Gasteiger partial charge on any atom is -0.458 e. The molecule has 0 atom stereocenters. The number of carbonyl (C=O) groups excluding carboxylic acids is 1. The van der Waals surface area contributed by atoms with Gasteiger partial charge in [-0.1, -0.05) is 67.8 Å². The molecule has 0 unspecified atom stereocenters. The Kier molecular flexibility index (Phi) is 3.75. The van der Waals surface area contributed by atoms with Crippen molar-refractivity contribution in [2.24, 2.45) is 0 Å². The SMILES string of the molecule is C=CCOC(=O)C(=C)c1c2ccccc2cc2ccccc12. The maximum atomic E-state index is 12.2. The van der Waals surface area contributed by atoms with Crippen LogP contribution in [0.4, 0.5) is 0 Å². The first-order valence-electron chi connectivity index (χ1n) is 7.10. The molecule has 0 radical (unpaired) electrons. The summed E-state index contributed by atoms with van der Waals surface area (Å²) in [5.74, 6) is -0.415. The number of hydrogen-bond donors (Lipinski definition) is 0. The highest BCUT2D eigenvalue weighted by atomic mass is 16.5. The number of benzene rings is 3. The third-order valence-corrected chi connectivity index (χ3v) is 3.65. The number of carbonyl (C=O) groups is 1. The van der Waals surface area contributed by atoms with Crippen LogP contribution in [0.1, 0.15) is 5.56 Å². The maximum Gasteiger partial charge on any atom is 0.338 e. The summed E-state index contributed by atoms with van der Waals surface area (Å²) in [5.41, 5.74) is 1.21. The van der Waals surface area contributed by atoms with Crippen LogP contribution in [0, 0.1) is 0 Å². The number of fused-ring (bicyclic) bond motifs is 2. The molecule has 0 bridgehead atoms. The zero-order valence-corrected chi connectivity index (χ0v) is 12.2. The fraction of sp³-hybridized carbons (Fsp3) is 0.0500. The Hall–Kier alpha value is -2.87. The van der Waals surface area contributed by atoms with Crippen LogP contribution in [0.3, 0.4) is 0 Å². The molecule has 22 heavy (non-hydrogen) atoms. The lowest BCUT2D eigenvalue weighted by molar-refractivity contribution is -0.135. The molecule has 108 valence electrons. The fourth-order valence-electron chi connectivity index (χ4n) is 2.66. The monoisotopic (exact) mass is 288 g/mol. The fourth-order valence-corrected chi connectivity index (χ4v) is 2.66. The summed E-state index contributed by atoms with van der Waals surface area (Å²) < 4.78 is 5.15. The van der Waals surface area contributed by atoms with Crippen molar-refractivity contribution in [3.8, 4) is 0 Å². The first-order valence-corrected chi connectivity index (χ1v) is 7.10. The van der Waals surface area contributed by atoms with Gasteiger partial charge in [0.1, 0.15) is 6.61 Å². The van der Waals surface area contributed by atoms with E-state index < -0.39 is 5.97 Å². The molecule has 0 saturated heterocycles. The van der Waals surface area contributed by atoms with Gasteiger partial charge in [-0.2, -0.15) is 0 Å². The third kappa shape index (κ3) is 2.40. The van der Waals surface area contributed by atoms with E-state index >= 15 is 0 Å². The Balaban J connectivity index is 2.26. The Bertz CT molecular complexity index is 836. The quantitative estimate of drug-likeness (QED) is 0.300. The van der Waals surface area contributed by atoms with E-state index in [0.29, 0.717) is 5.57 Å². The number of rotatable bonds is 4. The van der Waals surface area contributed by atoms with Crippen molar-refractivity contribution in [1.29, 1.82) is 0 Å². The molecule has 3 rings (SSSR count). The molecule has 0 heterocycles. The van der Waals surface area contributed by atoms with Crippen LogP contribution in [0.2, 0.25) is 0 Å². The molecule has 3 aromatic carbocycles. The van der Waals surface area contributed by atoms with Crippen molar-refractivity contribution < 1.29 is 9.53 Å². The van der Waals surface area contributed by atoms with Gasteiger partial charge >= 0.3 is 5.97 Å². The smallest absolute Gasteiger partial charge is 0.338 e. The minimum atomic E-state index is -0.415. The van der Waals surface area contributed by atoms with Crippen LogP contribution >= 0.6 is 0 Å². The second-order valence-corrected chi connectivity index (χ2v) is 5.06. The van der Waals surface area contributed by atoms with Crippen molar-refractivity contribution >= 4 is 33.1 Å². The highest BCUT2D eigenvalue weighted by Crippen LogP contribution is 2.33. The highest BCUT2D eigenvalue weighted by molar-refractivity contribution is 6.24. The van der Waals surface area contributed by atoms with Gasteiger partial charge in [-0.05, 0) is 27.6 Å². The van der Waals surface area contributed by atoms with Crippen molar-refractivity contribution in [3.63, 3.8) is 0 Å². The van der Waals surface area contributed by atoms with Crippen molar-refractivity contribution in [1.82, 2.24) is 0 Å². The topological polar surface area (TPSA) is 26.3 Å². The summed E-state index contributed by atoms with van der Waals surface area (Å²) in [6.07, 6.45) is 1.55. The summed E-state index contributed by atoms with van der Waals surface area (Å²) in [6, 6.07) is 18.1. The van der Waals surface area contributed by atoms with Gasteiger partial charge in [0.15, 0.2) is 0 Å². The normalized spacial score (nSPS) is 10.5.